The summed E-state index contributed by atoms with van der Waals surface area (Å²) < 4.78 is 13.6. The summed E-state index contributed by atoms with van der Waals surface area (Å²) in [5, 5.41) is 2.80. The SMILES string of the molecule is O=C(Nc1ccccc1)N(c1cccnc1)c1cccc(F)c1. The van der Waals surface area contributed by atoms with Gasteiger partial charge in [0.15, 0.2) is 0 Å². The van der Waals surface area contributed by atoms with Crippen LogP contribution in [0.1, 0.15) is 0 Å². The van der Waals surface area contributed by atoms with E-state index in [1.54, 1.807) is 48.8 Å². The Balaban J connectivity index is 1.97. The molecule has 0 spiro atoms. The van der Waals surface area contributed by atoms with Gasteiger partial charge in [-0.15, -0.1) is 0 Å². The minimum atomic E-state index is -0.413. The van der Waals surface area contributed by atoms with Crippen molar-refractivity contribution in [2.45, 2.75) is 0 Å². The second kappa shape index (κ2) is 6.70. The molecule has 0 aliphatic carbocycles. The lowest BCUT2D eigenvalue weighted by molar-refractivity contribution is 0.259. The third kappa shape index (κ3) is 3.52. The molecule has 2 amide bonds. The monoisotopic (exact) mass is 307 g/mol. The van der Waals surface area contributed by atoms with E-state index in [2.05, 4.69) is 10.3 Å². The van der Waals surface area contributed by atoms with Crippen LogP contribution in [0.15, 0.2) is 79.1 Å². The Kier molecular flexibility index (Phi) is 4.29. The minimum Gasteiger partial charge on any atom is -0.307 e. The van der Waals surface area contributed by atoms with Crippen molar-refractivity contribution in [3.63, 3.8) is 0 Å². The Bertz CT molecular complexity index is 794. The lowest BCUT2D eigenvalue weighted by atomic mass is 10.2. The molecule has 3 aromatic rings. The average molecular weight is 307 g/mol. The number of urea groups is 1. The van der Waals surface area contributed by atoms with Gasteiger partial charge in [-0.2, -0.15) is 0 Å². The second-order valence-corrected chi connectivity index (χ2v) is 4.82. The molecule has 0 aliphatic heterocycles. The molecule has 0 unspecified atom stereocenters. The number of nitrogens with one attached hydrogen (secondary N) is 1. The van der Waals surface area contributed by atoms with Crippen LogP contribution in [0.5, 0.6) is 0 Å². The number of carbonyl (C=O) groups excluding carboxylic acids is 1. The molecule has 0 radical (unpaired) electrons. The first-order valence-corrected chi connectivity index (χ1v) is 7.06. The predicted molar refractivity (Wildman–Crippen MR) is 88.2 cm³/mol. The van der Waals surface area contributed by atoms with Crippen molar-refractivity contribution in [2.24, 2.45) is 0 Å². The first kappa shape index (κ1) is 14.7. The van der Waals surface area contributed by atoms with Gasteiger partial charge in [0.05, 0.1) is 17.6 Å². The Morgan fingerprint density at radius 3 is 2.43 bits per heavy atom. The molecule has 1 aromatic heterocycles. The van der Waals surface area contributed by atoms with E-state index in [1.165, 1.54) is 17.0 Å². The van der Waals surface area contributed by atoms with Crippen molar-refractivity contribution in [3.05, 3.63) is 84.9 Å². The van der Waals surface area contributed by atoms with E-state index in [4.69, 9.17) is 0 Å². The summed E-state index contributed by atoms with van der Waals surface area (Å²) in [4.78, 5) is 18.1. The van der Waals surface area contributed by atoms with Crippen molar-refractivity contribution in [1.29, 1.82) is 0 Å². The van der Waals surface area contributed by atoms with Gasteiger partial charge in [0.2, 0.25) is 0 Å². The standard InChI is InChI=1S/C18H14FN3O/c19-14-6-4-9-16(12-14)22(17-10-5-11-20-13-17)18(23)21-15-7-2-1-3-8-15/h1-13H,(H,21,23). The first-order valence-electron chi connectivity index (χ1n) is 7.06. The molecule has 0 fully saturated rings. The van der Waals surface area contributed by atoms with Crippen molar-refractivity contribution in [1.82, 2.24) is 4.98 Å². The fourth-order valence-corrected chi connectivity index (χ4v) is 2.19. The van der Waals surface area contributed by atoms with Gasteiger partial charge >= 0.3 is 6.03 Å². The van der Waals surface area contributed by atoms with Crippen LogP contribution in [0.3, 0.4) is 0 Å². The maximum absolute atomic E-state index is 13.6. The predicted octanol–water partition coefficient (Wildman–Crippen LogP) is 4.59. The maximum Gasteiger partial charge on any atom is 0.330 e. The summed E-state index contributed by atoms with van der Waals surface area (Å²) in [6.07, 6.45) is 3.16. The van der Waals surface area contributed by atoms with Crippen molar-refractivity contribution >= 4 is 23.1 Å². The van der Waals surface area contributed by atoms with Crippen LogP contribution in [0, 0.1) is 5.82 Å². The molecular weight excluding hydrogens is 293 g/mol. The summed E-state index contributed by atoms with van der Waals surface area (Å²) in [6, 6.07) is 18.0. The van der Waals surface area contributed by atoms with Gasteiger partial charge in [0.1, 0.15) is 5.82 Å². The molecule has 1 N–H and O–H groups in total. The molecule has 5 heteroatoms. The molecule has 3 rings (SSSR count). The van der Waals surface area contributed by atoms with Gasteiger partial charge in [0.25, 0.3) is 0 Å². The highest BCUT2D eigenvalue weighted by atomic mass is 19.1. The zero-order valence-corrected chi connectivity index (χ0v) is 12.2. The van der Waals surface area contributed by atoms with Crippen molar-refractivity contribution in [2.75, 3.05) is 10.2 Å². The molecule has 0 aliphatic rings. The number of nitrogens with zero attached hydrogens (tertiary/aromatic N) is 2. The summed E-state index contributed by atoms with van der Waals surface area (Å²) >= 11 is 0. The Hall–Kier alpha value is -3.21. The molecule has 2 aromatic carbocycles. The Morgan fingerprint density at radius 2 is 1.74 bits per heavy atom. The summed E-state index contributed by atoms with van der Waals surface area (Å²) in [5.41, 5.74) is 1.63. The van der Waals surface area contributed by atoms with Gasteiger partial charge in [-0.25, -0.2) is 9.18 Å². The normalized spacial score (nSPS) is 10.1. The molecule has 0 saturated carbocycles. The first-order chi connectivity index (χ1) is 11.2. The van der Waals surface area contributed by atoms with Gasteiger partial charge in [-0.1, -0.05) is 24.3 Å². The summed E-state index contributed by atoms with van der Waals surface area (Å²) in [5.74, 6) is -0.413. The summed E-state index contributed by atoms with van der Waals surface area (Å²) in [6.45, 7) is 0. The highest BCUT2D eigenvalue weighted by Crippen LogP contribution is 2.26. The fraction of sp³-hybridized carbons (Fsp3) is 0. The van der Waals surface area contributed by atoms with Crippen LogP contribution in [0.2, 0.25) is 0 Å². The lowest BCUT2D eigenvalue weighted by Gasteiger charge is -2.23. The Labute approximate surface area is 133 Å². The van der Waals surface area contributed by atoms with Crippen LogP contribution < -0.4 is 10.2 Å². The van der Waals surface area contributed by atoms with Crippen LogP contribution in [-0.4, -0.2) is 11.0 Å². The number of hydrogen-bond donors (Lipinski definition) is 1. The molecule has 4 nitrogen and oxygen atoms in total. The number of anilines is 3. The van der Waals surface area contributed by atoms with Gasteiger partial charge < -0.3 is 5.32 Å². The van der Waals surface area contributed by atoms with Gasteiger partial charge in [0, 0.05) is 11.9 Å². The van der Waals surface area contributed by atoms with E-state index < -0.39 is 11.8 Å². The van der Waals surface area contributed by atoms with Crippen molar-refractivity contribution in [3.8, 4) is 0 Å². The topological polar surface area (TPSA) is 45.2 Å². The Morgan fingerprint density at radius 1 is 0.957 bits per heavy atom. The van der Waals surface area contributed by atoms with E-state index in [-0.39, 0.29) is 0 Å². The molecule has 23 heavy (non-hydrogen) atoms. The van der Waals surface area contributed by atoms with Gasteiger partial charge in [-0.3, -0.25) is 9.88 Å². The highest BCUT2D eigenvalue weighted by molar-refractivity contribution is 6.06. The number of carbonyl (C=O) groups is 1. The summed E-state index contributed by atoms with van der Waals surface area (Å²) in [7, 11) is 0. The zero-order chi connectivity index (χ0) is 16.1. The molecule has 0 atom stereocenters. The number of pyridine rings is 1. The molecule has 0 bridgehead atoms. The second-order valence-electron chi connectivity index (χ2n) is 4.82. The molecule has 0 saturated heterocycles. The molecule has 1 heterocycles. The smallest absolute Gasteiger partial charge is 0.307 e. The number of hydrogen-bond acceptors (Lipinski definition) is 2. The quantitative estimate of drug-likeness (QED) is 0.769. The van der Waals surface area contributed by atoms with Gasteiger partial charge in [-0.05, 0) is 42.5 Å². The number of amides is 2. The van der Waals surface area contributed by atoms with E-state index in [9.17, 15) is 9.18 Å². The average Bonchev–Trinajstić information content (AvgIpc) is 2.57. The van der Waals surface area contributed by atoms with E-state index in [0.29, 0.717) is 17.1 Å². The number of para-hydroxylation sites is 1. The van der Waals surface area contributed by atoms with Crippen LogP contribution >= 0.6 is 0 Å². The zero-order valence-electron chi connectivity index (χ0n) is 12.2. The third-order valence-electron chi connectivity index (χ3n) is 3.20. The van der Waals surface area contributed by atoms with Crippen molar-refractivity contribution < 1.29 is 9.18 Å². The number of rotatable bonds is 3. The maximum atomic E-state index is 13.6. The van der Waals surface area contributed by atoms with E-state index in [1.807, 2.05) is 18.2 Å². The molecular formula is C18H14FN3O. The van der Waals surface area contributed by atoms with Crippen LogP contribution in [0.4, 0.5) is 26.2 Å². The van der Waals surface area contributed by atoms with E-state index in [0.717, 1.165) is 0 Å². The fourth-order valence-electron chi connectivity index (χ4n) is 2.19. The van der Waals surface area contributed by atoms with Crippen LogP contribution in [0.25, 0.3) is 0 Å². The lowest BCUT2D eigenvalue weighted by Crippen LogP contribution is -2.30. The highest BCUT2D eigenvalue weighted by Gasteiger charge is 2.18. The number of halogens is 1. The largest absolute Gasteiger partial charge is 0.330 e. The number of benzene rings is 2. The van der Waals surface area contributed by atoms with E-state index >= 15 is 0 Å². The number of aromatic nitrogens is 1. The van der Waals surface area contributed by atoms with Crippen LogP contribution in [-0.2, 0) is 0 Å². The minimum absolute atomic E-state index is 0.394. The molecule has 114 valence electrons. The third-order valence-corrected chi connectivity index (χ3v) is 3.20.